The minimum Gasteiger partial charge on any atom is -0.342 e. The van der Waals surface area contributed by atoms with Crippen molar-refractivity contribution < 1.29 is 9.59 Å². The number of carbonyl (C=O) groups is 2. The molecule has 0 unspecified atom stereocenters. The van der Waals surface area contributed by atoms with E-state index in [1.54, 1.807) is 0 Å². The van der Waals surface area contributed by atoms with Crippen molar-refractivity contribution in [3.05, 3.63) is 64.7 Å². The lowest BCUT2D eigenvalue weighted by Crippen LogP contribution is -2.30. The van der Waals surface area contributed by atoms with Gasteiger partial charge in [-0.25, -0.2) is 0 Å². The van der Waals surface area contributed by atoms with E-state index in [1.807, 2.05) is 43.9 Å². The van der Waals surface area contributed by atoms with Crippen molar-refractivity contribution in [1.82, 2.24) is 4.90 Å². The Labute approximate surface area is 155 Å². The van der Waals surface area contributed by atoms with Gasteiger partial charge in [-0.05, 0) is 43.9 Å². The highest BCUT2D eigenvalue weighted by molar-refractivity contribution is 5.98. The largest absolute Gasteiger partial charge is 0.342 e. The molecule has 3 rings (SSSR count). The highest BCUT2D eigenvalue weighted by atomic mass is 16.2. The first-order valence-corrected chi connectivity index (χ1v) is 9.14. The van der Waals surface area contributed by atoms with Crippen LogP contribution in [-0.4, -0.2) is 29.8 Å². The lowest BCUT2D eigenvalue weighted by atomic mass is 10.0. The second-order valence-corrected chi connectivity index (χ2v) is 7.24. The molecular weight excluding hydrogens is 324 g/mol. The van der Waals surface area contributed by atoms with Crippen LogP contribution in [-0.2, 0) is 16.0 Å². The number of anilines is 1. The zero-order chi connectivity index (χ0) is 18.7. The van der Waals surface area contributed by atoms with E-state index in [1.165, 1.54) is 11.1 Å². The lowest BCUT2D eigenvalue weighted by molar-refractivity contribution is -0.128. The minimum absolute atomic E-state index is 0.0596. The Morgan fingerprint density at radius 1 is 1.12 bits per heavy atom. The number of benzene rings is 2. The third kappa shape index (κ3) is 4.13. The number of nitrogens with zero attached hydrogens (tertiary/aromatic N) is 1. The highest BCUT2D eigenvalue weighted by Crippen LogP contribution is 2.25. The van der Waals surface area contributed by atoms with Gasteiger partial charge < -0.3 is 10.2 Å². The van der Waals surface area contributed by atoms with Gasteiger partial charge in [-0.3, -0.25) is 9.59 Å². The first-order valence-electron chi connectivity index (χ1n) is 9.14. The summed E-state index contributed by atoms with van der Waals surface area (Å²) in [6.45, 7) is 7.21. The summed E-state index contributed by atoms with van der Waals surface area (Å²) in [6, 6.07) is 14.2. The Bertz CT molecular complexity index is 791. The predicted octanol–water partition coefficient (Wildman–Crippen LogP) is 3.64. The molecular formula is C22H26N2O2. The molecule has 4 nitrogen and oxygen atoms in total. The van der Waals surface area contributed by atoms with Crippen LogP contribution in [0, 0.1) is 26.7 Å². The smallest absolute Gasteiger partial charge is 0.229 e. The lowest BCUT2D eigenvalue weighted by Gasteiger charge is -2.18. The van der Waals surface area contributed by atoms with Gasteiger partial charge in [0.1, 0.15) is 0 Å². The second-order valence-electron chi connectivity index (χ2n) is 7.24. The van der Waals surface area contributed by atoms with Gasteiger partial charge >= 0.3 is 0 Å². The van der Waals surface area contributed by atoms with Gasteiger partial charge in [0, 0.05) is 25.2 Å². The maximum atomic E-state index is 12.7. The topological polar surface area (TPSA) is 49.4 Å². The van der Waals surface area contributed by atoms with E-state index in [4.69, 9.17) is 0 Å². The number of rotatable bonds is 5. The molecule has 26 heavy (non-hydrogen) atoms. The maximum Gasteiger partial charge on any atom is 0.229 e. The summed E-state index contributed by atoms with van der Waals surface area (Å²) in [5.74, 6) is -0.271. The Hall–Kier alpha value is -2.62. The molecule has 0 saturated carbocycles. The maximum absolute atomic E-state index is 12.7. The molecule has 1 saturated heterocycles. The molecule has 1 aliphatic heterocycles. The van der Waals surface area contributed by atoms with Crippen molar-refractivity contribution >= 4 is 17.5 Å². The van der Waals surface area contributed by atoms with E-state index >= 15 is 0 Å². The van der Waals surface area contributed by atoms with Crippen LogP contribution < -0.4 is 5.32 Å². The molecule has 2 amide bonds. The summed E-state index contributed by atoms with van der Waals surface area (Å²) in [7, 11) is 0. The van der Waals surface area contributed by atoms with Gasteiger partial charge in [0.25, 0.3) is 0 Å². The third-order valence-corrected chi connectivity index (χ3v) is 5.02. The van der Waals surface area contributed by atoms with Crippen molar-refractivity contribution in [3.8, 4) is 0 Å². The molecule has 0 bridgehead atoms. The monoisotopic (exact) mass is 350 g/mol. The highest BCUT2D eigenvalue weighted by Gasteiger charge is 2.34. The van der Waals surface area contributed by atoms with E-state index in [2.05, 4.69) is 29.6 Å². The van der Waals surface area contributed by atoms with Gasteiger partial charge in [-0.2, -0.15) is 0 Å². The quantitative estimate of drug-likeness (QED) is 0.895. The molecule has 0 aliphatic carbocycles. The van der Waals surface area contributed by atoms with Gasteiger partial charge in [0.05, 0.1) is 5.92 Å². The molecule has 0 spiro atoms. The Kier molecular flexibility index (Phi) is 5.40. The normalized spacial score (nSPS) is 16.8. The first-order chi connectivity index (χ1) is 12.4. The number of hydrogen-bond donors (Lipinski definition) is 1. The summed E-state index contributed by atoms with van der Waals surface area (Å²) in [5, 5.41) is 3.04. The Morgan fingerprint density at radius 2 is 1.77 bits per heavy atom. The van der Waals surface area contributed by atoms with Crippen LogP contribution in [0.4, 0.5) is 5.69 Å². The van der Waals surface area contributed by atoms with Crippen LogP contribution in [0.1, 0.15) is 28.7 Å². The molecule has 2 aromatic rings. The predicted molar refractivity (Wildman–Crippen MR) is 104 cm³/mol. The van der Waals surface area contributed by atoms with E-state index in [0.29, 0.717) is 19.5 Å². The van der Waals surface area contributed by atoms with Gasteiger partial charge in [-0.15, -0.1) is 0 Å². The van der Waals surface area contributed by atoms with Gasteiger partial charge in [0.2, 0.25) is 11.8 Å². The Morgan fingerprint density at radius 3 is 2.42 bits per heavy atom. The molecule has 0 radical (unpaired) electrons. The summed E-state index contributed by atoms with van der Waals surface area (Å²) >= 11 is 0. The summed E-state index contributed by atoms with van der Waals surface area (Å²) in [4.78, 5) is 26.8. The summed E-state index contributed by atoms with van der Waals surface area (Å²) in [5.41, 5.74) is 5.37. The van der Waals surface area contributed by atoms with Crippen molar-refractivity contribution in [2.45, 2.75) is 33.6 Å². The second kappa shape index (κ2) is 7.73. The Balaban J connectivity index is 1.60. The van der Waals surface area contributed by atoms with E-state index in [-0.39, 0.29) is 17.7 Å². The van der Waals surface area contributed by atoms with E-state index < -0.39 is 0 Å². The van der Waals surface area contributed by atoms with Gasteiger partial charge in [-0.1, -0.05) is 48.0 Å². The molecule has 4 heteroatoms. The van der Waals surface area contributed by atoms with Crippen LogP contribution in [0.2, 0.25) is 0 Å². The first kappa shape index (κ1) is 18.2. The van der Waals surface area contributed by atoms with Crippen LogP contribution in [0.3, 0.4) is 0 Å². The molecule has 1 fully saturated rings. The number of likely N-dealkylation sites (tertiary alicyclic amines) is 1. The van der Waals surface area contributed by atoms with Crippen LogP contribution in [0.25, 0.3) is 0 Å². The van der Waals surface area contributed by atoms with E-state index in [0.717, 1.165) is 23.2 Å². The SMILES string of the molecule is Cc1cc(C)c(NC(=O)[C@@H]2CC(=O)N(CCc3ccccc3)C2)c(C)c1. The number of carbonyl (C=O) groups excluding carboxylic acids is 2. The summed E-state index contributed by atoms with van der Waals surface area (Å²) in [6.07, 6.45) is 1.11. The van der Waals surface area contributed by atoms with Crippen molar-refractivity contribution in [2.75, 3.05) is 18.4 Å². The molecule has 1 heterocycles. The van der Waals surface area contributed by atoms with E-state index in [9.17, 15) is 9.59 Å². The fourth-order valence-electron chi connectivity index (χ4n) is 3.68. The minimum atomic E-state index is -0.279. The third-order valence-electron chi connectivity index (χ3n) is 5.02. The molecule has 0 aromatic heterocycles. The zero-order valence-electron chi connectivity index (χ0n) is 15.7. The molecule has 2 aromatic carbocycles. The standard InChI is InChI=1S/C22H26N2O2/c1-15-11-16(2)21(17(3)12-15)23-22(26)19-13-20(25)24(14-19)10-9-18-7-5-4-6-8-18/h4-8,11-12,19H,9-10,13-14H2,1-3H3,(H,23,26)/t19-/m1/s1. The molecule has 1 atom stereocenters. The number of nitrogens with one attached hydrogen (secondary N) is 1. The van der Waals surface area contributed by atoms with Crippen LogP contribution >= 0.6 is 0 Å². The zero-order valence-corrected chi connectivity index (χ0v) is 15.7. The summed E-state index contributed by atoms with van der Waals surface area (Å²) < 4.78 is 0. The van der Waals surface area contributed by atoms with Gasteiger partial charge in [0.15, 0.2) is 0 Å². The van der Waals surface area contributed by atoms with Crippen molar-refractivity contribution in [3.63, 3.8) is 0 Å². The fraction of sp³-hybridized carbons (Fsp3) is 0.364. The van der Waals surface area contributed by atoms with Crippen LogP contribution in [0.5, 0.6) is 0 Å². The average Bonchev–Trinajstić information content (AvgIpc) is 2.98. The van der Waals surface area contributed by atoms with Crippen molar-refractivity contribution in [1.29, 1.82) is 0 Å². The molecule has 136 valence electrons. The average molecular weight is 350 g/mol. The van der Waals surface area contributed by atoms with Crippen molar-refractivity contribution in [2.24, 2.45) is 5.92 Å². The molecule has 1 aliphatic rings. The van der Waals surface area contributed by atoms with Crippen LogP contribution in [0.15, 0.2) is 42.5 Å². The number of amides is 2. The number of aryl methyl sites for hydroxylation is 3. The fourth-order valence-corrected chi connectivity index (χ4v) is 3.68. The number of hydrogen-bond acceptors (Lipinski definition) is 2. The molecule has 1 N–H and O–H groups in total.